The molecule has 0 atom stereocenters. The Bertz CT molecular complexity index is 994. The number of benzene rings is 1. The second-order valence-electron chi connectivity index (χ2n) is 5.77. The van der Waals surface area contributed by atoms with Crippen LogP contribution in [0.15, 0.2) is 23.2 Å². The topological polar surface area (TPSA) is 98.0 Å². The van der Waals surface area contributed by atoms with Crippen LogP contribution in [0, 0.1) is 5.82 Å². The molecule has 0 bridgehead atoms. The maximum atomic E-state index is 13.5. The molecule has 8 nitrogen and oxygen atoms in total. The minimum atomic E-state index is -0.705. The highest BCUT2D eigenvalue weighted by molar-refractivity contribution is 7.16. The maximum Gasteiger partial charge on any atom is 0.326 e. The van der Waals surface area contributed by atoms with E-state index >= 15 is 0 Å². The first-order valence-electron chi connectivity index (χ1n) is 8.24. The van der Waals surface area contributed by atoms with Crippen molar-refractivity contribution in [2.45, 2.75) is 26.3 Å². The van der Waals surface area contributed by atoms with Crippen molar-refractivity contribution in [1.29, 1.82) is 0 Å². The Hall–Kier alpha value is -2.88. The van der Waals surface area contributed by atoms with Crippen LogP contribution in [-0.2, 0) is 30.5 Å². The van der Waals surface area contributed by atoms with Gasteiger partial charge in [-0.3, -0.25) is 24.1 Å². The van der Waals surface area contributed by atoms with E-state index in [9.17, 15) is 23.6 Å². The number of imide groups is 1. The fraction of sp³-hybridized carbons (Fsp3) is 0.353. The maximum absolute atomic E-state index is 13.5. The van der Waals surface area contributed by atoms with Gasteiger partial charge in [-0.05, 0) is 25.1 Å². The van der Waals surface area contributed by atoms with Crippen LogP contribution in [0.4, 0.5) is 4.39 Å². The molecule has 0 spiro atoms. The molecule has 0 radical (unpaired) electrons. The number of halogens is 1. The summed E-state index contributed by atoms with van der Waals surface area (Å²) < 4.78 is 20.4. The van der Waals surface area contributed by atoms with Gasteiger partial charge in [-0.25, -0.2) is 4.39 Å². The van der Waals surface area contributed by atoms with E-state index in [1.807, 2.05) is 0 Å². The highest BCUT2D eigenvalue weighted by Gasteiger charge is 2.30. The van der Waals surface area contributed by atoms with Crippen molar-refractivity contribution in [2.75, 3.05) is 13.2 Å². The number of carbonyl (C=O) groups excluding carboxylic acids is 4. The normalized spacial score (nSPS) is 15.0. The van der Waals surface area contributed by atoms with Crippen LogP contribution in [0.1, 0.15) is 19.8 Å². The number of fused-ring (bicyclic) bond motifs is 1. The van der Waals surface area contributed by atoms with E-state index < -0.39 is 36.1 Å². The Morgan fingerprint density at radius 3 is 2.59 bits per heavy atom. The lowest BCUT2D eigenvalue weighted by Gasteiger charge is -2.10. The Labute approximate surface area is 156 Å². The molecule has 1 aliphatic rings. The van der Waals surface area contributed by atoms with Crippen molar-refractivity contribution in [1.82, 2.24) is 9.47 Å². The van der Waals surface area contributed by atoms with Crippen LogP contribution in [0.25, 0.3) is 10.2 Å². The minimum absolute atomic E-state index is 0.0805. The van der Waals surface area contributed by atoms with Gasteiger partial charge < -0.3 is 9.30 Å². The molecule has 1 aliphatic heterocycles. The lowest BCUT2D eigenvalue weighted by molar-refractivity contribution is -0.144. The molecule has 2 heterocycles. The van der Waals surface area contributed by atoms with Crippen molar-refractivity contribution in [3.8, 4) is 0 Å². The molecule has 2 aromatic rings. The summed E-state index contributed by atoms with van der Waals surface area (Å²) in [4.78, 5) is 52.4. The molecule has 1 fully saturated rings. The number of hydrogen-bond acceptors (Lipinski definition) is 6. The fourth-order valence-corrected chi connectivity index (χ4v) is 3.77. The van der Waals surface area contributed by atoms with Gasteiger partial charge in [0, 0.05) is 12.8 Å². The minimum Gasteiger partial charge on any atom is -0.465 e. The molecule has 0 unspecified atom stereocenters. The zero-order valence-corrected chi connectivity index (χ0v) is 15.3. The zero-order valence-electron chi connectivity index (χ0n) is 14.4. The molecule has 142 valence electrons. The van der Waals surface area contributed by atoms with Crippen molar-refractivity contribution in [3.63, 3.8) is 0 Å². The van der Waals surface area contributed by atoms with Crippen molar-refractivity contribution >= 4 is 45.2 Å². The molecular weight excluding hydrogens is 377 g/mol. The smallest absolute Gasteiger partial charge is 0.326 e. The SMILES string of the molecule is CCOC(=O)Cn1c(=NC(=O)CN2C(=O)CCC2=O)sc2cc(F)ccc21. The van der Waals surface area contributed by atoms with Gasteiger partial charge in [0.2, 0.25) is 11.8 Å². The summed E-state index contributed by atoms with van der Waals surface area (Å²) in [5, 5.41) is 0. The highest BCUT2D eigenvalue weighted by atomic mass is 32.1. The van der Waals surface area contributed by atoms with Gasteiger partial charge in [-0.2, -0.15) is 4.99 Å². The summed E-state index contributed by atoms with van der Waals surface area (Å²) in [6.07, 6.45) is 0.161. The second kappa shape index (κ2) is 7.78. The number of nitrogens with zero attached hydrogens (tertiary/aromatic N) is 3. The van der Waals surface area contributed by atoms with E-state index in [1.54, 1.807) is 6.92 Å². The molecule has 1 aromatic heterocycles. The van der Waals surface area contributed by atoms with E-state index in [0.29, 0.717) is 10.2 Å². The van der Waals surface area contributed by atoms with Crippen LogP contribution < -0.4 is 4.80 Å². The predicted molar refractivity (Wildman–Crippen MR) is 92.9 cm³/mol. The molecule has 3 rings (SSSR count). The third kappa shape index (κ3) is 4.11. The number of ether oxygens (including phenoxy) is 1. The summed E-state index contributed by atoms with van der Waals surface area (Å²) in [5.41, 5.74) is 0.523. The summed E-state index contributed by atoms with van der Waals surface area (Å²) >= 11 is 1.03. The molecule has 27 heavy (non-hydrogen) atoms. The molecule has 0 saturated carbocycles. The first kappa shape index (κ1) is 18.9. The van der Waals surface area contributed by atoms with E-state index in [-0.39, 0.29) is 30.8 Å². The zero-order chi connectivity index (χ0) is 19.6. The lowest BCUT2D eigenvalue weighted by atomic mass is 10.3. The third-order valence-corrected chi connectivity index (χ3v) is 4.95. The number of aromatic nitrogens is 1. The predicted octanol–water partition coefficient (Wildman–Crippen LogP) is 0.981. The van der Waals surface area contributed by atoms with E-state index in [2.05, 4.69) is 4.99 Å². The number of carbonyl (C=O) groups is 4. The van der Waals surface area contributed by atoms with Gasteiger partial charge in [0.05, 0.1) is 16.8 Å². The number of rotatable bonds is 5. The molecule has 0 N–H and O–H groups in total. The number of hydrogen-bond donors (Lipinski definition) is 0. The Morgan fingerprint density at radius 1 is 1.22 bits per heavy atom. The Balaban J connectivity index is 1.97. The first-order valence-corrected chi connectivity index (χ1v) is 9.06. The quantitative estimate of drug-likeness (QED) is 0.557. The van der Waals surface area contributed by atoms with E-state index in [4.69, 9.17) is 4.74 Å². The van der Waals surface area contributed by atoms with Gasteiger partial charge in [0.25, 0.3) is 5.91 Å². The average molecular weight is 393 g/mol. The third-order valence-electron chi connectivity index (χ3n) is 3.91. The second-order valence-corrected chi connectivity index (χ2v) is 6.78. The van der Waals surface area contributed by atoms with Gasteiger partial charge in [0.1, 0.15) is 18.9 Å². The van der Waals surface area contributed by atoms with Gasteiger partial charge in [0.15, 0.2) is 4.80 Å². The van der Waals surface area contributed by atoms with Crippen LogP contribution in [0.2, 0.25) is 0 Å². The summed E-state index contributed by atoms with van der Waals surface area (Å²) in [7, 11) is 0. The van der Waals surface area contributed by atoms with Crippen LogP contribution in [0.3, 0.4) is 0 Å². The highest BCUT2D eigenvalue weighted by Crippen LogP contribution is 2.19. The monoisotopic (exact) mass is 393 g/mol. The fourth-order valence-electron chi connectivity index (χ4n) is 2.70. The van der Waals surface area contributed by atoms with Crippen molar-refractivity contribution < 1.29 is 28.3 Å². The Morgan fingerprint density at radius 2 is 1.93 bits per heavy atom. The standard InChI is InChI=1S/C17H16FN3O5S/c1-2-26-16(25)9-20-11-4-3-10(18)7-12(11)27-17(20)19-13(22)8-21-14(23)5-6-15(21)24/h3-4,7H,2,5-6,8-9H2,1H3. The summed E-state index contributed by atoms with van der Waals surface area (Å²) in [6, 6.07) is 4.00. The number of thiazole rings is 1. The molecule has 0 aliphatic carbocycles. The Kier molecular flexibility index (Phi) is 5.45. The van der Waals surface area contributed by atoms with E-state index in [0.717, 1.165) is 16.2 Å². The van der Waals surface area contributed by atoms with Gasteiger partial charge in [-0.15, -0.1) is 0 Å². The van der Waals surface area contributed by atoms with Crippen molar-refractivity contribution in [3.05, 3.63) is 28.8 Å². The van der Waals surface area contributed by atoms with Gasteiger partial charge in [-0.1, -0.05) is 11.3 Å². The molecular formula is C17H16FN3O5S. The van der Waals surface area contributed by atoms with Crippen LogP contribution in [0.5, 0.6) is 0 Å². The summed E-state index contributed by atoms with van der Waals surface area (Å²) in [6.45, 7) is 1.20. The lowest BCUT2D eigenvalue weighted by Crippen LogP contribution is -2.34. The first-order chi connectivity index (χ1) is 12.9. The summed E-state index contributed by atoms with van der Waals surface area (Å²) in [5.74, 6) is -2.52. The molecule has 1 saturated heterocycles. The largest absolute Gasteiger partial charge is 0.465 e. The average Bonchev–Trinajstić information content (AvgIpc) is 3.09. The molecule has 1 aromatic carbocycles. The van der Waals surface area contributed by atoms with Crippen LogP contribution in [-0.4, -0.2) is 46.3 Å². The molecule has 3 amide bonds. The number of amides is 3. The van der Waals surface area contributed by atoms with E-state index in [1.165, 1.54) is 22.8 Å². The number of likely N-dealkylation sites (tertiary alicyclic amines) is 1. The number of esters is 1. The van der Waals surface area contributed by atoms with Crippen LogP contribution >= 0.6 is 11.3 Å². The van der Waals surface area contributed by atoms with Crippen molar-refractivity contribution in [2.24, 2.45) is 4.99 Å². The molecule has 10 heteroatoms. The van der Waals surface area contributed by atoms with Gasteiger partial charge >= 0.3 is 5.97 Å².